The van der Waals surface area contributed by atoms with E-state index in [-0.39, 0.29) is 17.0 Å². The summed E-state index contributed by atoms with van der Waals surface area (Å²) in [5, 5.41) is 10.9. The summed E-state index contributed by atoms with van der Waals surface area (Å²) < 4.78 is 28.1. The Morgan fingerprint density at radius 3 is 2.37 bits per heavy atom. The highest BCUT2D eigenvalue weighted by atomic mass is 32.2. The van der Waals surface area contributed by atoms with E-state index in [9.17, 15) is 13.2 Å². The molecule has 162 valence electrons. The highest BCUT2D eigenvalue weighted by Gasteiger charge is 2.14. The SMILES string of the molecule is CC(NC(=O)NCc1ccccc1CN1CCOCC1)c1ccc(S(N)(=O)=O)cc1. The first-order chi connectivity index (χ1) is 14.3. The zero-order chi connectivity index (χ0) is 21.6. The quantitative estimate of drug-likeness (QED) is 0.617. The van der Waals surface area contributed by atoms with Gasteiger partial charge in [0.25, 0.3) is 0 Å². The molecular weight excluding hydrogens is 404 g/mol. The molecule has 0 spiro atoms. The number of ether oxygens (including phenoxy) is 1. The minimum absolute atomic E-state index is 0.0415. The third kappa shape index (κ3) is 6.27. The number of hydrogen-bond donors (Lipinski definition) is 3. The van der Waals surface area contributed by atoms with Crippen molar-refractivity contribution in [2.24, 2.45) is 5.14 Å². The number of nitrogens with zero attached hydrogens (tertiary/aromatic N) is 1. The number of carbonyl (C=O) groups excluding carboxylic acids is 1. The fourth-order valence-corrected chi connectivity index (χ4v) is 3.85. The fourth-order valence-electron chi connectivity index (χ4n) is 3.34. The van der Waals surface area contributed by atoms with Crippen LogP contribution in [-0.4, -0.2) is 45.7 Å². The van der Waals surface area contributed by atoms with E-state index in [2.05, 4.69) is 21.6 Å². The number of rotatable bonds is 7. The van der Waals surface area contributed by atoms with Crippen LogP contribution in [0.1, 0.15) is 29.7 Å². The lowest BCUT2D eigenvalue weighted by atomic mass is 10.1. The molecule has 9 heteroatoms. The third-order valence-electron chi connectivity index (χ3n) is 5.11. The zero-order valence-corrected chi connectivity index (χ0v) is 17.8. The first-order valence-corrected chi connectivity index (χ1v) is 11.4. The van der Waals surface area contributed by atoms with Gasteiger partial charge in [-0.3, -0.25) is 4.90 Å². The van der Waals surface area contributed by atoms with Crippen LogP contribution in [0.25, 0.3) is 0 Å². The molecule has 1 fully saturated rings. The van der Waals surface area contributed by atoms with Crippen molar-refractivity contribution in [2.45, 2.75) is 31.0 Å². The van der Waals surface area contributed by atoms with Crippen molar-refractivity contribution in [2.75, 3.05) is 26.3 Å². The van der Waals surface area contributed by atoms with Crippen molar-refractivity contribution >= 4 is 16.1 Å². The number of hydrogen-bond acceptors (Lipinski definition) is 5. The van der Waals surface area contributed by atoms with Crippen LogP contribution in [0.4, 0.5) is 4.79 Å². The number of nitrogens with one attached hydrogen (secondary N) is 2. The van der Waals surface area contributed by atoms with Crippen LogP contribution in [0.2, 0.25) is 0 Å². The van der Waals surface area contributed by atoms with Crippen LogP contribution < -0.4 is 15.8 Å². The lowest BCUT2D eigenvalue weighted by molar-refractivity contribution is 0.0341. The molecule has 1 aliphatic heterocycles. The molecule has 30 heavy (non-hydrogen) atoms. The van der Waals surface area contributed by atoms with Crippen LogP contribution >= 0.6 is 0 Å². The topological polar surface area (TPSA) is 114 Å². The lowest BCUT2D eigenvalue weighted by Crippen LogP contribution is -2.37. The molecule has 1 aliphatic rings. The molecule has 0 bridgehead atoms. The van der Waals surface area contributed by atoms with Gasteiger partial charge >= 0.3 is 6.03 Å². The largest absolute Gasteiger partial charge is 0.379 e. The van der Waals surface area contributed by atoms with E-state index in [0.717, 1.165) is 44.0 Å². The molecule has 1 heterocycles. The van der Waals surface area contributed by atoms with Gasteiger partial charge in [-0.1, -0.05) is 36.4 Å². The van der Waals surface area contributed by atoms with E-state index in [0.29, 0.717) is 6.54 Å². The summed E-state index contributed by atoms with van der Waals surface area (Å²) in [7, 11) is -3.73. The molecular formula is C21H28N4O4S. The number of nitrogens with two attached hydrogens (primary N) is 1. The zero-order valence-electron chi connectivity index (χ0n) is 17.0. The Morgan fingerprint density at radius 1 is 1.10 bits per heavy atom. The Labute approximate surface area is 177 Å². The second-order valence-corrected chi connectivity index (χ2v) is 8.88. The molecule has 2 amide bonds. The Bertz CT molecular complexity index is 957. The van der Waals surface area contributed by atoms with E-state index in [1.54, 1.807) is 12.1 Å². The molecule has 2 aromatic carbocycles. The van der Waals surface area contributed by atoms with Gasteiger partial charge in [0.1, 0.15) is 0 Å². The second kappa shape index (κ2) is 10.0. The van der Waals surface area contributed by atoms with Gasteiger partial charge in [0, 0.05) is 26.2 Å². The summed E-state index contributed by atoms with van der Waals surface area (Å²) >= 11 is 0. The Balaban J connectivity index is 1.54. The maximum absolute atomic E-state index is 12.4. The molecule has 0 radical (unpaired) electrons. The Hall–Kier alpha value is -2.46. The summed E-state index contributed by atoms with van der Waals surface area (Å²) in [5.74, 6) is 0. The standard InChI is InChI=1S/C21H28N4O4S/c1-16(17-6-8-20(9-7-17)30(22,27)28)24-21(26)23-14-18-4-2-3-5-19(18)15-25-10-12-29-13-11-25/h2-9,16H,10-15H2,1H3,(H2,22,27,28)(H2,23,24,26). The minimum Gasteiger partial charge on any atom is -0.379 e. The van der Waals surface area contributed by atoms with Crippen LogP contribution in [-0.2, 0) is 27.8 Å². The van der Waals surface area contributed by atoms with Crippen LogP contribution in [0, 0.1) is 0 Å². The van der Waals surface area contributed by atoms with Crippen molar-refractivity contribution in [1.29, 1.82) is 0 Å². The molecule has 2 aromatic rings. The lowest BCUT2D eigenvalue weighted by Gasteiger charge is -2.27. The number of morpholine rings is 1. The normalized spacial score (nSPS) is 16.1. The number of carbonyl (C=O) groups is 1. The Morgan fingerprint density at radius 2 is 1.73 bits per heavy atom. The van der Waals surface area contributed by atoms with Crippen LogP contribution in [0.5, 0.6) is 0 Å². The molecule has 0 aliphatic carbocycles. The van der Waals surface area contributed by atoms with Gasteiger partial charge in [0.15, 0.2) is 0 Å². The maximum atomic E-state index is 12.4. The number of sulfonamides is 1. The molecule has 4 N–H and O–H groups in total. The molecule has 1 unspecified atom stereocenters. The van der Waals surface area contributed by atoms with Crippen LogP contribution in [0.15, 0.2) is 53.4 Å². The van der Waals surface area contributed by atoms with E-state index < -0.39 is 10.0 Å². The highest BCUT2D eigenvalue weighted by Crippen LogP contribution is 2.16. The molecule has 1 atom stereocenters. The average Bonchev–Trinajstić information content (AvgIpc) is 2.73. The summed E-state index contributed by atoms with van der Waals surface area (Å²) in [6, 6.07) is 13.6. The van der Waals surface area contributed by atoms with Crippen molar-refractivity contribution < 1.29 is 17.9 Å². The third-order valence-corrected chi connectivity index (χ3v) is 6.04. The van der Waals surface area contributed by atoms with Gasteiger partial charge in [-0.25, -0.2) is 18.4 Å². The average molecular weight is 433 g/mol. The summed E-state index contributed by atoms with van der Waals surface area (Å²) in [5.41, 5.74) is 3.04. The van der Waals surface area contributed by atoms with E-state index in [1.807, 2.05) is 25.1 Å². The van der Waals surface area contributed by atoms with Gasteiger partial charge < -0.3 is 15.4 Å². The molecule has 1 saturated heterocycles. The van der Waals surface area contributed by atoms with Gasteiger partial charge in [-0.2, -0.15) is 0 Å². The predicted molar refractivity (Wildman–Crippen MR) is 114 cm³/mol. The number of primary sulfonamides is 1. The first kappa shape index (κ1) is 22.2. The van der Waals surface area contributed by atoms with Crippen molar-refractivity contribution in [3.05, 3.63) is 65.2 Å². The smallest absolute Gasteiger partial charge is 0.315 e. The van der Waals surface area contributed by atoms with E-state index in [4.69, 9.17) is 9.88 Å². The highest BCUT2D eigenvalue weighted by molar-refractivity contribution is 7.89. The van der Waals surface area contributed by atoms with Gasteiger partial charge in [-0.15, -0.1) is 0 Å². The van der Waals surface area contributed by atoms with Crippen molar-refractivity contribution in [3.63, 3.8) is 0 Å². The van der Waals surface area contributed by atoms with E-state index >= 15 is 0 Å². The second-order valence-electron chi connectivity index (χ2n) is 7.32. The van der Waals surface area contributed by atoms with Crippen molar-refractivity contribution in [1.82, 2.24) is 15.5 Å². The monoisotopic (exact) mass is 432 g/mol. The Kier molecular flexibility index (Phi) is 7.43. The predicted octanol–water partition coefficient (Wildman–Crippen LogP) is 1.73. The summed E-state index contributed by atoms with van der Waals surface area (Å²) in [6.07, 6.45) is 0. The molecule has 8 nitrogen and oxygen atoms in total. The van der Waals surface area contributed by atoms with Crippen LogP contribution in [0.3, 0.4) is 0 Å². The van der Waals surface area contributed by atoms with Gasteiger partial charge in [0.05, 0.1) is 24.2 Å². The summed E-state index contributed by atoms with van der Waals surface area (Å²) in [6.45, 7) is 6.39. The molecule has 0 saturated carbocycles. The number of amides is 2. The van der Waals surface area contributed by atoms with Crippen molar-refractivity contribution in [3.8, 4) is 0 Å². The summed E-state index contributed by atoms with van der Waals surface area (Å²) in [4.78, 5) is 14.7. The maximum Gasteiger partial charge on any atom is 0.315 e. The first-order valence-electron chi connectivity index (χ1n) is 9.87. The number of urea groups is 1. The van der Waals surface area contributed by atoms with Gasteiger partial charge in [0.2, 0.25) is 10.0 Å². The fraction of sp³-hybridized carbons (Fsp3) is 0.381. The number of benzene rings is 2. The molecule has 0 aromatic heterocycles. The van der Waals surface area contributed by atoms with Gasteiger partial charge in [-0.05, 0) is 35.7 Å². The van der Waals surface area contributed by atoms with E-state index in [1.165, 1.54) is 17.7 Å². The molecule has 3 rings (SSSR count). The minimum atomic E-state index is -3.73.